The monoisotopic (exact) mass is 247 g/mol. The third kappa shape index (κ3) is 3.63. The van der Waals surface area contributed by atoms with Crippen molar-refractivity contribution in [1.82, 2.24) is 4.57 Å². The van der Waals surface area contributed by atoms with Crippen LogP contribution in [0.25, 0.3) is 0 Å². The van der Waals surface area contributed by atoms with Crippen LogP contribution < -0.4 is 4.57 Å². The maximum absolute atomic E-state index is 4.29. The topological polar surface area (TPSA) is 8.81 Å². The third-order valence-corrected chi connectivity index (χ3v) is 3.12. The second kappa shape index (κ2) is 5.92. The number of hydrogen-bond donors (Lipinski definition) is 1. The molecule has 0 aliphatic carbocycles. The first kappa shape index (κ1) is 12.2. The number of imidazole rings is 1. The molecule has 1 aromatic carbocycles. The fraction of sp³-hybridized carbons (Fsp3) is 0.357. The lowest BCUT2D eigenvalue weighted by Crippen LogP contribution is -2.31. The average molecular weight is 247 g/mol. The van der Waals surface area contributed by atoms with Crippen molar-refractivity contribution in [3.63, 3.8) is 0 Å². The summed E-state index contributed by atoms with van der Waals surface area (Å²) in [5.41, 5.74) is 1.31. The Hall–Kier alpha value is -1.22. The Morgan fingerprint density at radius 2 is 2.00 bits per heavy atom. The summed E-state index contributed by atoms with van der Waals surface area (Å²) in [7, 11) is 0. The second-order valence-electron chi connectivity index (χ2n) is 4.34. The van der Waals surface area contributed by atoms with Crippen LogP contribution in [0.2, 0.25) is 0 Å². The molecule has 0 atom stereocenters. The standard InChI is InChI=1S/C14H18N2S/c1-2-3-8-15-9-10-16(12-15)11-13-4-6-14(17)7-5-13/h4-7,9-10,12H,2-3,8,11H2,1H3/p+1. The van der Waals surface area contributed by atoms with Crippen LogP contribution in [-0.4, -0.2) is 4.57 Å². The van der Waals surface area contributed by atoms with Gasteiger partial charge < -0.3 is 0 Å². The summed E-state index contributed by atoms with van der Waals surface area (Å²) in [5.74, 6) is 0. The molecule has 0 amide bonds. The zero-order valence-corrected chi connectivity index (χ0v) is 11.1. The fourth-order valence-electron chi connectivity index (χ4n) is 1.82. The van der Waals surface area contributed by atoms with Gasteiger partial charge in [-0.15, -0.1) is 12.6 Å². The predicted octanol–water partition coefficient (Wildman–Crippen LogP) is 2.91. The van der Waals surface area contributed by atoms with E-state index >= 15 is 0 Å². The SMILES string of the molecule is CCCCn1cc[n+](Cc2ccc(S)cc2)c1. The largest absolute Gasteiger partial charge is 0.244 e. The lowest BCUT2D eigenvalue weighted by atomic mass is 10.2. The molecule has 2 nitrogen and oxygen atoms in total. The molecular formula is C14H19N2S+. The molecule has 90 valence electrons. The first-order chi connectivity index (χ1) is 8.28. The molecule has 0 bridgehead atoms. The minimum Gasteiger partial charge on any atom is -0.237 e. The van der Waals surface area contributed by atoms with Gasteiger partial charge in [-0.25, -0.2) is 9.13 Å². The molecule has 0 saturated carbocycles. The molecular weight excluding hydrogens is 228 g/mol. The van der Waals surface area contributed by atoms with E-state index in [2.05, 4.69) is 59.5 Å². The number of nitrogens with zero attached hydrogens (tertiary/aromatic N) is 2. The van der Waals surface area contributed by atoms with Gasteiger partial charge in [0.25, 0.3) is 0 Å². The molecule has 2 aromatic rings. The zero-order valence-electron chi connectivity index (χ0n) is 10.2. The number of aromatic nitrogens is 2. The van der Waals surface area contributed by atoms with Crippen molar-refractivity contribution in [2.45, 2.75) is 37.8 Å². The van der Waals surface area contributed by atoms with E-state index in [4.69, 9.17) is 0 Å². The normalized spacial score (nSPS) is 10.7. The van der Waals surface area contributed by atoms with E-state index in [0.717, 1.165) is 18.0 Å². The van der Waals surface area contributed by atoms with Crippen LogP contribution in [-0.2, 0) is 13.1 Å². The van der Waals surface area contributed by atoms with E-state index in [1.807, 2.05) is 12.1 Å². The number of aryl methyl sites for hydroxylation is 1. The molecule has 0 unspecified atom stereocenters. The van der Waals surface area contributed by atoms with E-state index in [9.17, 15) is 0 Å². The molecule has 2 rings (SSSR count). The first-order valence-corrected chi connectivity index (χ1v) is 6.55. The van der Waals surface area contributed by atoms with Crippen molar-refractivity contribution < 1.29 is 4.57 Å². The molecule has 0 N–H and O–H groups in total. The minimum atomic E-state index is 0.924. The average Bonchev–Trinajstić information content (AvgIpc) is 2.77. The maximum Gasteiger partial charge on any atom is 0.244 e. The Kier molecular flexibility index (Phi) is 4.26. The highest BCUT2D eigenvalue weighted by molar-refractivity contribution is 7.80. The highest BCUT2D eigenvalue weighted by Gasteiger charge is 2.03. The summed E-state index contributed by atoms with van der Waals surface area (Å²) in [6.45, 7) is 4.25. The Labute approximate surface area is 108 Å². The molecule has 0 aliphatic rings. The molecule has 0 radical (unpaired) electrons. The summed E-state index contributed by atoms with van der Waals surface area (Å²) in [6, 6.07) is 8.32. The number of thiol groups is 1. The smallest absolute Gasteiger partial charge is 0.237 e. The van der Waals surface area contributed by atoms with E-state index in [1.165, 1.54) is 18.4 Å². The van der Waals surface area contributed by atoms with Gasteiger partial charge in [-0.1, -0.05) is 25.5 Å². The summed E-state index contributed by atoms with van der Waals surface area (Å²) in [4.78, 5) is 1.01. The van der Waals surface area contributed by atoms with Gasteiger partial charge >= 0.3 is 0 Å². The van der Waals surface area contributed by atoms with Gasteiger partial charge in [0.1, 0.15) is 18.9 Å². The maximum atomic E-state index is 4.29. The molecule has 17 heavy (non-hydrogen) atoms. The Morgan fingerprint density at radius 1 is 1.24 bits per heavy atom. The quantitative estimate of drug-likeness (QED) is 0.614. The predicted molar refractivity (Wildman–Crippen MR) is 72.3 cm³/mol. The molecule has 0 spiro atoms. The molecule has 0 aliphatic heterocycles. The van der Waals surface area contributed by atoms with E-state index < -0.39 is 0 Å². The number of benzene rings is 1. The lowest BCUT2D eigenvalue weighted by Gasteiger charge is -1.98. The van der Waals surface area contributed by atoms with Crippen LogP contribution in [0.4, 0.5) is 0 Å². The van der Waals surface area contributed by atoms with E-state index in [1.54, 1.807) is 0 Å². The Bertz CT molecular complexity index is 459. The van der Waals surface area contributed by atoms with Crippen LogP contribution in [0, 0.1) is 0 Å². The van der Waals surface area contributed by atoms with Crippen LogP contribution in [0.1, 0.15) is 25.3 Å². The first-order valence-electron chi connectivity index (χ1n) is 6.10. The van der Waals surface area contributed by atoms with Gasteiger partial charge in [0.15, 0.2) is 0 Å². The van der Waals surface area contributed by atoms with Crippen molar-refractivity contribution in [2.24, 2.45) is 0 Å². The number of unbranched alkanes of at least 4 members (excludes halogenated alkanes) is 1. The molecule has 3 heteroatoms. The van der Waals surface area contributed by atoms with E-state index in [0.29, 0.717) is 0 Å². The van der Waals surface area contributed by atoms with Gasteiger partial charge in [-0.3, -0.25) is 0 Å². The van der Waals surface area contributed by atoms with Crippen molar-refractivity contribution >= 4 is 12.6 Å². The van der Waals surface area contributed by atoms with Crippen LogP contribution in [0.3, 0.4) is 0 Å². The van der Waals surface area contributed by atoms with Gasteiger partial charge in [0.2, 0.25) is 6.33 Å². The Morgan fingerprint density at radius 3 is 2.71 bits per heavy atom. The molecule has 1 aromatic heterocycles. The van der Waals surface area contributed by atoms with Crippen LogP contribution in [0.5, 0.6) is 0 Å². The number of rotatable bonds is 5. The summed E-state index contributed by atoms with van der Waals surface area (Å²) in [5, 5.41) is 0. The van der Waals surface area contributed by atoms with Crippen molar-refractivity contribution in [3.8, 4) is 0 Å². The van der Waals surface area contributed by atoms with Crippen molar-refractivity contribution in [2.75, 3.05) is 0 Å². The van der Waals surface area contributed by atoms with Gasteiger partial charge in [0.05, 0.1) is 6.54 Å². The zero-order chi connectivity index (χ0) is 12.1. The highest BCUT2D eigenvalue weighted by atomic mass is 32.1. The summed E-state index contributed by atoms with van der Waals surface area (Å²) >= 11 is 4.29. The van der Waals surface area contributed by atoms with Crippen LogP contribution >= 0.6 is 12.6 Å². The van der Waals surface area contributed by atoms with Gasteiger partial charge in [0, 0.05) is 4.90 Å². The Balaban J connectivity index is 1.98. The lowest BCUT2D eigenvalue weighted by molar-refractivity contribution is -0.687. The fourth-order valence-corrected chi connectivity index (χ4v) is 1.97. The molecule has 0 saturated heterocycles. The second-order valence-corrected chi connectivity index (χ2v) is 4.86. The van der Waals surface area contributed by atoms with Crippen molar-refractivity contribution in [1.29, 1.82) is 0 Å². The van der Waals surface area contributed by atoms with Gasteiger partial charge in [-0.05, 0) is 24.1 Å². The molecule has 1 heterocycles. The minimum absolute atomic E-state index is 0.924. The third-order valence-electron chi connectivity index (χ3n) is 2.82. The van der Waals surface area contributed by atoms with Gasteiger partial charge in [-0.2, -0.15) is 0 Å². The van der Waals surface area contributed by atoms with E-state index in [-0.39, 0.29) is 0 Å². The van der Waals surface area contributed by atoms with Crippen molar-refractivity contribution in [3.05, 3.63) is 48.5 Å². The summed E-state index contributed by atoms with van der Waals surface area (Å²) in [6.07, 6.45) is 8.92. The highest BCUT2D eigenvalue weighted by Crippen LogP contribution is 2.07. The number of hydrogen-bond acceptors (Lipinski definition) is 1. The summed E-state index contributed by atoms with van der Waals surface area (Å²) < 4.78 is 4.46. The van der Waals surface area contributed by atoms with Crippen LogP contribution in [0.15, 0.2) is 47.9 Å². The molecule has 0 fully saturated rings.